The lowest BCUT2D eigenvalue weighted by atomic mass is 10.0. The van der Waals surface area contributed by atoms with E-state index in [9.17, 15) is 4.79 Å². The zero-order valence-corrected chi connectivity index (χ0v) is 7.53. The highest BCUT2D eigenvalue weighted by Crippen LogP contribution is 2.19. The second kappa shape index (κ2) is 3.01. The standard InChI is InChI=1S/C9H13NO2/c1-6(2)7-4-10(3)5-8(7)9(11)12/h4-6H,1-3H3,(H,11,12). The molecule has 0 spiro atoms. The topological polar surface area (TPSA) is 42.2 Å². The van der Waals surface area contributed by atoms with Gasteiger partial charge in [-0.05, 0) is 11.5 Å². The fourth-order valence-corrected chi connectivity index (χ4v) is 1.24. The molecule has 0 aliphatic heterocycles. The monoisotopic (exact) mass is 167 g/mol. The van der Waals surface area contributed by atoms with Gasteiger partial charge in [0.15, 0.2) is 0 Å². The van der Waals surface area contributed by atoms with E-state index in [1.54, 1.807) is 10.8 Å². The number of carboxylic acids is 1. The van der Waals surface area contributed by atoms with Gasteiger partial charge in [0.25, 0.3) is 0 Å². The van der Waals surface area contributed by atoms with Crippen LogP contribution in [0.3, 0.4) is 0 Å². The van der Waals surface area contributed by atoms with Crippen LogP contribution in [0.1, 0.15) is 35.7 Å². The summed E-state index contributed by atoms with van der Waals surface area (Å²) in [5.41, 5.74) is 1.30. The maximum atomic E-state index is 10.7. The molecule has 0 amide bonds. The molecule has 0 fully saturated rings. The molecule has 0 aliphatic carbocycles. The molecule has 1 aromatic rings. The average Bonchev–Trinajstić information content (AvgIpc) is 2.31. The Labute approximate surface area is 71.6 Å². The van der Waals surface area contributed by atoms with Gasteiger partial charge in [-0.1, -0.05) is 13.8 Å². The van der Waals surface area contributed by atoms with Crippen LogP contribution in [0.4, 0.5) is 0 Å². The second-order valence-corrected chi connectivity index (χ2v) is 3.25. The van der Waals surface area contributed by atoms with Crippen molar-refractivity contribution < 1.29 is 9.90 Å². The average molecular weight is 167 g/mol. The molecule has 0 unspecified atom stereocenters. The molecule has 0 radical (unpaired) electrons. The number of carboxylic acid groups (broad SMARTS) is 1. The van der Waals surface area contributed by atoms with Crippen molar-refractivity contribution in [2.75, 3.05) is 0 Å². The molecular weight excluding hydrogens is 154 g/mol. The molecule has 0 saturated carbocycles. The number of aromatic nitrogens is 1. The molecule has 1 rings (SSSR count). The minimum Gasteiger partial charge on any atom is -0.478 e. The van der Waals surface area contributed by atoms with Crippen molar-refractivity contribution in [1.29, 1.82) is 0 Å². The van der Waals surface area contributed by atoms with Crippen LogP contribution in [0.15, 0.2) is 12.4 Å². The van der Waals surface area contributed by atoms with Crippen LogP contribution in [0.2, 0.25) is 0 Å². The molecule has 1 N–H and O–H groups in total. The van der Waals surface area contributed by atoms with E-state index in [0.717, 1.165) is 5.56 Å². The Bertz CT molecular complexity index is 299. The Balaban J connectivity index is 3.17. The molecule has 66 valence electrons. The molecular formula is C9H13NO2. The van der Waals surface area contributed by atoms with Gasteiger partial charge >= 0.3 is 5.97 Å². The number of aryl methyl sites for hydroxylation is 1. The minimum atomic E-state index is -0.848. The number of rotatable bonds is 2. The fraction of sp³-hybridized carbons (Fsp3) is 0.444. The minimum absolute atomic E-state index is 0.261. The van der Waals surface area contributed by atoms with Crippen molar-refractivity contribution in [2.24, 2.45) is 7.05 Å². The molecule has 0 aromatic carbocycles. The van der Waals surface area contributed by atoms with Gasteiger partial charge in [-0.25, -0.2) is 4.79 Å². The summed E-state index contributed by atoms with van der Waals surface area (Å²) in [6.07, 6.45) is 3.49. The predicted octanol–water partition coefficient (Wildman–Crippen LogP) is 1.85. The smallest absolute Gasteiger partial charge is 0.337 e. The van der Waals surface area contributed by atoms with E-state index >= 15 is 0 Å². The predicted molar refractivity (Wildman–Crippen MR) is 46.5 cm³/mol. The summed E-state index contributed by atoms with van der Waals surface area (Å²) < 4.78 is 1.78. The lowest BCUT2D eigenvalue weighted by Crippen LogP contribution is -1.99. The quantitative estimate of drug-likeness (QED) is 0.730. The van der Waals surface area contributed by atoms with Gasteiger partial charge in [-0.3, -0.25) is 0 Å². The third-order valence-corrected chi connectivity index (χ3v) is 1.84. The highest BCUT2D eigenvalue weighted by atomic mass is 16.4. The van der Waals surface area contributed by atoms with Crippen LogP contribution in [0.5, 0.6) is 0 Å². The van der Waals surface area contributed by atoms with E-state index in [1.807, 2.05) is 27.1 Å². The molecule has 0 atom stereocenters. The van der Waals surface area contributed by atoms with E-state index < -0.39 is 5.97 Å². The summed E-state index contributed by atoms with van der Waals surface area (Å²) in [4.78, 5) is 10.7. The molecule has 3 heteroatoms. The third kappa shape index (κ3) is 1.49. The number of carbonyl (C=O) groups is 1. The van der Waals surface area contributed by atoms with Gasteiger partial charge in [0.1, 0.15) is 0 Å². The lowest BCUT2D eigenvalue weighted by molar-refractivity contribution is 0.0695. The van der Waals surface area contributed by atoms with Gasteiger partial charge in [-0.15, -0.1) is 0 Å². The first-order valence-electron chi connectivity index (χ1n) is 3.91. The first kappa shape index (κ1) is 8.84. The van der Waals surface area contributed by atoms with Crippen LogP contribution in [0, 0.1) is 0 Å². The highest BCUT2D eigenvalue weighted by molar-refractivity contribution is 5.89. The van der Waals surface area contributed by atoms with Crippen LogP contribution in [-0.2, 0) is 7.05 Å². The number of hydrogen-bond acceptors (Lipinski definition) is 1. The normalized spacial score (nSPS) is 10.7. The van der Waals surface area contributed by atoms with E-state index in [4.69, 9.17) is 5.11 Å². The van der Waals surface area contributed by atoms with Crippen molar-refractivity contribution in [3.8, 4) is 0 Å². The molecule has 0 saturated heterocycles. The summed E-state index contributed by atoms with van der Waals surface area (Å²) in [7, 11) is 1.83. The van der Waals surface area contributed by atoms with Gasteiger partial charge < -0.3 is 9.67 Å². The zero-order chi connectivity index (χ0) is 9.30. The Morgan fingerprint density at radius 1 is 1.50 bits per heavy atom. The Morgan fingerprint density at radius 2 is 2.08 bits per heavy atom. The van der Waals surface area contributed by atoms with Crippen LogP contribution >= 0.6 is 0 Å². The number of hydrogen-bond donors (Lipinski definition) is 1. The summed E-state index contributed by atoms with van der Waals surface area (Å²) in [5, 5.41) is 8.81. The van der Waals surface area contributed by atoms with Crippen molar-refractivity contribution in [3.63, 3.8) is 0 Å². The van der Waals surface area contributed by atoms with Gasteiger partial charge in [0, 0.05) is 19.4 Å². The molecule has 1 heterocycles. The third-order valence-electron chi connectivity index (χ3n) is 1.84. The molecule has 1 aromatic heterocycles. The molecule has 0 bridgehead atoms. The van der Waals surface area contributed by atoms with Crippen LogP contribution < -0.4 is 0 Å². The highest BCUT2D eigenvalue weighted by Gasteiger charge is 2.14. The SMILES string of the molecule is CC(C)c1cn(C)cc1C(=O)O. The van der Waals surface area contributed by atoms with Crippen molar-refractivity contribution in [1.82, 2.24) is 4.57 Å². The Kier molecular flexibility index (Phi) is 2.22. The maximum absolute atomic E-state index is 10.7. The Morgan fingerprint density at radius 3 is 2.42 bits per heavy atom. The second-order valence-electron chi connectivity index (χ2n) is 3.25. The van der Waals surface area contributed by atoms with Crippen molar-refractivity contribution >= 4 is 5.97 Å². The van der Waals surface area contributed by atoms with Gasteiger partial charge in [0.2, 0.25) is 0 Å². The lowest BCUT2D eigenvalue weighted by Gasteiger charge is -2.01. The van der Waals surface area contributed by atoms with Crippen LogP contribution in [0.25, 0.3) is 0 Å². The van der Waals surface area contributed by atoms with Gasteiger partial charge in [0.05, 0.1) is 5.56 Å². The molecule has 3 nitrogen and oxygen atoms in total. The molecule has 12 heavy (non-hydrogen) atoms. The van der Waals surface area contributed by atoms with E-state index in [2.05, 4.69) is 0 Å². The largest absolute Gasteiger partial charge is 0.478 e. The summed E-state index contributed by atoms with van der Waals surface area (Å²) in [6, 6.07) is 0. The van der Waals surface area contributed by atoms with E-state index in [-0.39, 0.29) is 5.92 Å². The van der Waals surface area contributed by atoms with Crippen molar-refractivity contribution in [2.45, 2.75) is 19.8 Å². The van der Waals surface area contributed by atoms with Gasteiger partial charge in [-0.2, -0.15) is 0 Å². The van der Waals surface area contributed by atoms with Crippen molar-refractivity contribution in [3.05, 3.63) is 23.5 Å². The molecule has 0 aliphatic rings. The fourth-order valence-electron chi connectivity index (χ4n) is 1.24. The van der Waals surface area contributed by atoms with Crippen LogP contribution in [-0.4, -0.2) is 15.6 Å². The summed E-state index contributed by atoms with van der Waals surface area (Å²) in [5.74, 6) is -0.586. The first-order valence-corrected chi connectivity index (χ1v) is 3.91. The number of nitrogens with zero attached hydrogens (tertiary/aromatic N) is 1. The van der Waals surface area contributed by atoms with E-state index in [0.29, 0.717) is 5.56 Å². The van der Waals surface area contributed by atoms with E-state index in [1.165, 1.54) is 0 Å². The summed E-state index contributed by atoms with van der Waals surface area (Å²) in [6.45, 7) is 3.98. The first-order chi connectivity index (χ1) is 5.52. The summed E-state index contributed by atoms with van der Waals surface area (Å²) >= 11 is 0. The number of aromatic carboxylic acids is 1. The zero-order valence-electron chi connectivity index (χ0n) is 7.53. The maximum Gasteiger partial charge on any atom is 0.337 e. The Hall–Kier alpha value is -1.25.